The van der Waals surface area contributed by atoms with Crippen molar-refractivity contribution in [3.63, 3.8) is 0 Å². The van der Waals surface area contributed by atoms with Crippen LogP contribution in [-0.4, -0.2) is 15.7 Å². The molecule has 0 atom stereocenters. The van der Waals surface area contributed by atoms with E-state index in [2.05, 4.69) is 174 Å². The number of fused-ring (bicyclic) bond motifs is 4. The van der Waals surface area contributed by atoms with E-state index in [0.29, 0.717) is 6.54 Å². The third-order valence-electron chi connectivity index (χ3n) is 8.51. The van der Waals surface area contributed by atoms with Gasteiger partial charge in [0.1, 0.15) is 0 Å². The van der Waals surface area contributed by atoms with E-state index in [1.54, 1.807) is 6.08 Å². The van der Waals surface area contributed by atoms with E-state index in [9.17, 15) is 0 Å². The number of nitrogens with zero attached hydrogens (tertiary/aromatic N) is 3. The predicted octanol–water partition coefficient (Wildman–Crippen LogP) is 10.8. The highest BCUT2D eigenvalue weighted by Gasteiger charge is 2.16. The van der Waals surface area contributed by atoms with Crippen LogP contribution in [0.3, 0.4) is 0 Å². The third kappa shape index (κ3) is 5.09. The Balaban J connectivity index is 1.32. The predicted molar refractivity (Wildman–Crippen MR) is 194 cm³/mol. The van der Waals surface area contributed by atoms with Crippen molar-refractivity contribution in [2.45, 2.75) is 6.92 Å². The number of rotatable bonds is 9. The zero-order chi connectivity index (χ0) is 30.8. The first-order valence-electron chi connectivity index (χ1n) is 15.3. The van der Waals surface area contributed by atoms with Gasteiger partial charge in [-0.05, 0) is 79.2 Å². The molecule has 2 heterocycles. The summed E-state index contributed by atoms with van der Waals surface area (Å²) >= 11 is 0. The van der Waals surface area contributed by atoms with E-state index in [4.69, 9.17) is 0 Å². The number of aryl methyl sites for hydroxylation is 1. The van der Waals surface area contributed by atoms with Crippen LogP contribution in [0.25, 0.3) is 50.2 Å². The van der Waals surface area contributed by atoms with Crippen molar-refractivity contribution in [2.75, 3.05) is 11.4 Å². The normalized spacial score (nSPS) is 11.8. The highest BCUT2D eigenvalue weighted by Crippen LogP contribution is 2.35. The maximum Gasteiger partial charge on any atom is 0.0542 e. The highest BCUT2D eigenvalue weighted by atomic mass is 15.1. The summed E-state index contributed by atoms with van der Waals surface area (Å²) in [5, 5.41) is 3.70. The Labute approximate surface area is 264 Å². The Morgan fingerprint density at radius 3 is 1.93 bits per heavy atom. The average Bonchev–Trinajstić information content (AvgIpc) is 3.57. The van der Waals surface area contributed by atoms with Crippen molar-refractivity contribution < 1.29 is 0 Å². The molecule has 218 valence electrons. The first-order chi connectivity index (χ1) is 22.2. The van der Waals surface area contributed by atoms with Crippen LogP contribution in [0.2, 0.25) is 0 Å². The Hall–Kier alpha value is -5.80. The van der Waals surface area contributed by atoms with Crippen LogP contribution in [0.15, 0.2) is 171 Å². The maximum absolute atomic E-state index is 4.45. The van der Waals surface area contributed by atoms with E-state index in [-0.39, 0.29) is 0 Å². The number of hydrogen-bond acceptors (Lipinski definition) is 1. The molecular formula is C42H35N3. The van der Waals surface area contributed by atoms with Gasteiger partial charge in [0.15, 0.2) is 0 Å². The largest absolute Gasteiger partial charge is 0.338 e. The van der Waals surface area contributed by atoms with Crippen molar-refractivity contribution in [3.05, 3.63) is 182 Å². The van der Waals surface area contributed by atoms with Crippen molar-refractivity contribution in [2.24, 2.45) is 0 Å². The molecule has 0 unspecified atom stereocenters. The summed E-state index contributed by atoms with van der Waals surface area (Å²) in [6.07, 6.45) is 10.2. The van der Waals surface area contributed by atoms with E-state index in [0.717, 1.165) is 22.8 Å². The molecule has 0 bridgehead atoms. The molecule has 0 aliphatic heterocycles. The van der Waals surface area contributed by atoms with E-state index >= 15 is 0 Å². The van der Waals surface area contributed by atoms with E-state index < -0.39 is 0 Å². The Bertz CT molecular complexity index is 2230. The second-order valence-electron chi connectivity index (χ2n) is 11.2. The van der Waals surface area contributed by atoms with Gasteiger partial charge in [-0.2, -0.15) is 0 Å². The highest BCUT2D eigenvalue weighted by molar-refractivity contribution is 6.10. The molecule has 0 fully saturated rings. The van der Waals surface area contributed by atoms with Crippen molar-refractivity contribution in [3.8, 4) is 11.4 Å². The summed E-state index contributed by atoms with van der Waals surface area (Å²) in [6, 6.07) is 45.1. The summed E-state index contributed by atoms with van der Waals surface area (Å²) in [4.78, 5) is 2.26. The van der Waals surface area contributed by atoms with Gasteiger partial charge >= 0.3 is 0 Å². The molecule has 3 heteroatoms. The summed E-state index contributed by atoms with van der Waals surface area (Å²) in [5.41, 5.74) is 10.3. The Morgan fingerprint density at radius 1 is 0.667 bits per heavy atom. The second kappa shape index (κ2) is 12.1. The molecule has 45 heavy (non-hydrogen) atoms. The van der Waals surface area contributed by atoms with Crippen LogP contribution in [0.5, 0.6) is 0 Å². The molecule has 0 aliphatic carbocycles. The summed E-state index contributed by atoms with van der Waals surface area (Å²) in [7, 11) is 0. The summed E-state index contributed by atoms with van der Waals surface area (Å²) in [6.45, 7) is 11.2. The van der Waals surface area contributed by atoms with E-state index in [1.807, 2.05) is 12.2 Å². The molecular weight excluding hydrogens is 546 g/mol. The van der Waals surface area contributed by atoms with Crippen LogP contribution < -0.4 is 4.90 Å². The zero-order valence-electron chi connectivity index (χ0n) is 25.5. The molecule has 0 saturated carbocycles. The van der Waals surface area contributed by atoms with E-state index in [1.165, 1.54) is 44.0 Å². The molecule has 5 aromatic carbocycles. The van der Waals surface area contributed by atoms with Crippen LogP contribution in [-0.2, 0) is 0 Å². The quantitative estimate of drug-likeness (QED) is 0.155. The van der Waals surface area contributed by atoms with Gasteiger partial charge in [-0.25, -0.2) is 0 Å². The minimum Gasteiger partial charge on any atom is -0.338 e. The number of allylic oxidation sites excluding steroid dienone is 3. The lowest BCUT2D eigenvalue weighted by atomic mass is 10.1. The van der Waals surface area contributed by atoms with Crippen molar-refractivity contribution >= 4 is 44.5 Å². The summed E-state index contributed by atoms with van der Waals surface area (Å²) < 4.78 is 4.69. The smallest absolute Gasteiger partial charge is 0.0542 e. The lowest BCUT2D eigenvalue weighted by molar-refractivity contribution is 1.04. The standard InChI is InChI=1S/C42H35N3/c1-4-5-17-31(2)43(29-16-26-39-32(3)36-22-12-14-24-40(36)44(39)33-18-8-6-9-19-33)35-27-28-42-38(30-35)37-23-13-15-25-41(37)45(42)34-20-10-7-11-21-34/h4-28,30H,1-2,29H2,3H3/b17-5-,26-16-. The Morgan fingerprint density at radius 2 is 1.24 bits per heavy atom. The van der Waals surface area contributed by atoms with Crippen molar-refractivity contribution in [1.29, 1.82) is 0 Å². The number of anilines is 1. The third-order valence-corrected chi connectivity index (χ3v) is 8.51. The molecule has 0 saturated heterocycles. The molecule has 0 N–H and O–H groups in total. The molecule has 0 spiro atoms. The monoisotopic (exact) mass is 581 g/mol. The molecule has 7 aromatic rings. The molecule has 0 radical (unpaired) electrons. The van der Waals surface area contributed by atoms with Gasteiger partial charge in [0.2, 0.25) is 0 Å². The zero-order valence-corrected chi connectivity index (χ0v) is 25.5. The van der Waals surface area contributed by atoms with Gasteiger partial charge in [0.25, 0.3) is 0 Å². The molecule has 2 aromatic heterocycles. The lowest BCUT2D eigenvalue weighted by Gasteiger charge is -2.24. The van der Waals surface area contributed by atoms with Crippen LogP contribution in [0.4, 0.5) is 5.69 Å². The van der Waals surface area contributed by atoms with Gasteiger partial charge in [-0.3, -0.25) is 0 Å². The fourth-order valence-electron chi connectivity index (χ4n) is 6.39. The van der Waals surface area contributed by atoms with Gasteiger partial charge in [0.05, 0.1) is 16.6 Å². The molecule has 7 rings (SSSR count). The minimum absolute atomic E-state index is 0.652. The van der Waals surface area contributed by atoms with Crippen molar-refractivity contribution in [1.82, 2.24) is 9.13 Å². The number of hydrogen-bond donors (Lipinski definition) is 0. The second-order valence-corrected chi connectivity index (χ2v) is 11.2. The molecule has 3 nitrogen and oxygen atoms in total. The lowest BCUT2D eigenvalue weighted by Crippen LogP contribution is -2.20. The van der Waals surface area contributed by atoms with Gasteiger partial charge in [-0.1, -0.05) is 104 Å². The fourth-order valence-corrected chi connectivity index (χ4v) is 6.39. The first kappa shape index (κ1) is 28.0. The molecule has 0 aliphatic rings. The topological polar surface area (TPSA) is 13.1 Å². The van der Waals surface area contributed by atoms with Gasteiger partial charge in [-0.15, -0.1) is 0 Å². The fraction of sp³-hybridized carbons (Fsp3) is 0.0476. The summed E-state index contributed by atoms with van der Waals surface area (Å²) in [5.74, 6) is 0. The minimum atomic E-state index is 0.652. The van der Waals surface area contributed by atoms with Gasteiger partial charge < -0.3 is 14.0 Å². The van der Waals surface area contributed by atoms with Crippen LogP contribution in [0, 0.1) is 6.92 Å². The Kier molecular flexibility index (Phi) is 7.51. The average molecular weight is 582 g/mol. The number of benzene rings is 5. The number of para-hydroxylation sites is 4. The number of aromatic nitrogens is 2. The van der Waals surface area contributed by atoms with Gasteiger partial charge in [0, 0.05) is 51.2 Å². The molecule has 0 amide bonds. The SMILES string of the molecule is C=C/C=C\C(=C)N(C/C=C\c1c(C)c2ccccc2n1-c1ccccc1)c1ccc2c(c1)c1ccccc1n2-c1ccccc1. The van der Waals surface area contributed by atoms with Crippen LogP contribution in [0.1, 0.15) is 11.3 Å². The first-order valence-corrected chi connectivity index (χ1v) is 15.3. The van der Waals surface area contributed by atoms with Crippen LogP contribution >= 0.6 is 0 Å². The maximum atomic E-state index is 4.45.